The Kier molecular flexibility index (Phi) is 3.25. The lowest BCUT2D eigenvalue weighted by Gasteiger charge is -2.27. The van der Waals surface area contributed by atoms with Gasteiger partial charge in [-0.3, -0.25) is 5.10 Å². The monoisotopic (exact) mass is 277 g/mol. The van der Waals surface area contributed by atoms with Gasteiger partial charge in [0.05, 0.1) is 13.3 Å². The lowest BCUT2D eigenvalue weighted by molar-refractivity contribution is 0.229. The molecule has 1 aromatic carbocycles. The number of benzene rings is 1. The summed E-state index contributed by atoms with van der Waals surface area (Å²) < 4.78 is 11.4. The summed E-state index contributed by atoms with van der Waals surface area (Å²) in [6.07, 6.45) is 1.94. The van der Waals surface area contributed by atoms with Crippen LogP contribution in [-0.2, 0) is 0 Å². The number of nitrogens with zero attached hydrogens (tertiary/aromatic N) is 1. The van der Waals surface area contributed by atoms with Gasteiger partial charge in [-0.1, -0.05) is 12.1 Å². The van der Waals surface area contributed by atoms with E-state index in [-0.39, 0.29) is 6.10 Å². The number of aromatic amines is 1. The lowest BCUT2D eigenvalue weighted by atomic mass is 10.1. The van der Waals surface area contributed by atoms with Crippen LogP contribution in [0.5, 0.6) is 11.5 Å². The molecule has 1 saturated heterocycles. The number of nitrogens with one attached hydrogen (secondary N) is 1. The first-order valence-electron chi connectivity index (χ1n) is 6.00. The molecular weight excluding hydrogens is 262 g/mol. The second kappa shape index (κ2) is 5.05. The highest BCUT2D eigenvalue weighted by Crippen LogP contribution is 2.41. The fourth-order valence-electron chi connectivity index (χ4n) is 1.97. The van der Waals surface area contributed by atoms with E-state index in [2.05, 4.69) is 10.2 Å². The van der Waals surface area contributed by atoms with E-state index in [1.165, 1.54) is 0 Å². The van der Waals surface area contributed by atoms with Crippen LogP contribution in [0.25, 0.3) is 11.1 Å². The number of H-pyrrole nitrogens is 1. The summed E-state index contributed by atoms with van der Waals surface area (Å²) in [7, 11) is 1.64. The Morgan fingerprint density at radius 3 is 2.79 bits per heavy atom. The van der Waals surface area contributed by atoms with Crippen molar-refractivity contribution in [3.05, 3.63) is 24.4 Å². The third kappa shape index (κ3) is 2.23. The van der Waals surface area contributed by atoms with Gasteiger partial charge in [0.25, 0.3) is 0 Å². The summed E-state index contributed by atoms with van der Waals surface area (Å²) in [6, 6.07) is 5.77. The van der Waals surface area contributed by atoms with Gasteiger partial charge in [-0.25, -0.2) is 0 Å². The van der Waals surface area contributed by atoms with Gasteiger partial charge in [0, 0.05) is 22.6 Å². The van der Waals surface area contributed by atoms with Crippen molar-refractivity contribution in [1.82, 2.24) is 10.2 Å². The minimum Gasteiger partial charge on any atom is -0.493 e. The molecule has 0 aliphatic carbocycles. The SMILES string of the molecule is COc1cccc(-c2cn[nH]c2N)c1OC1CSC1. The molecule has 1 fully saturated rings. The zero-order valence-electron chi connectivity index (χ0n) is 10.6. The molecule has 2 aromatic rings. The van der Waals surface area contributed by atoms with E-state index in [1.54, 1.807) is 13.3 Å². The van der Waals surface area contributed by atoms with Crippen LogP contribution in [-0.4, -0.2) is 34.9 Å². The Morgan fingerprint density at radius 2 is 2.21 bits per heavy atom. The van der Waals surface area contributed by atoms with Crippen LogP contribution in [0.2, 0.25) is 0 Å². The average Bonchev–Trinajstić information content (AvgIpc) is 2.79. The highest BCUT2D eigenvalue weighted by molar-refractivity contribution is 8.00. The lowest BCUT2D eigenvalue weighted by Crippen LogP contribution is -2.31. The zero-order chi connectivity index (χ0) is 13.2. The van der Waals surface area contributed by atoms with Crippen LogP contribution in [0.15, 0.2) is 24.4 Å². The molecule has 19 heavy (non-hydrogen) atoms. The molecule has 0 unspecified atom stereocenters. The summed E-state index contributed by atoms with van der Waals surface area (Å²) in [4.78, 5) is 0. The van der Waals surface area contributed by atoms with Crippen molar-refractivity contribution in [2.24, 2.45) is 0 Å². The predicted octanol–water partition coefficient (Wildman–Crippen LogP) is 2.16. The molecule has 2 heterocycles. The number of para-hydroxylation sites is 1. The third-order valence-electron chi connectivity index (χ3n) is 3.05. The Balaban J connectivity index is 2.04. The molecule has 100 valence electrons. The minimum absolute atomic E-state index is 0.244. The number of rotatable bonds is 4. The van der Waals surface area contributed by atoms with Crippen LogP contribution >= 0.6 is 11.8 Å². The number of ether oxygens (including phenoxy) is 2. The first-order valence-corrected chi connectivity index (χ1v) is 7.15. The molecular formula is C13H15N3O2S. The fourth-order valence-corrected chi connectivity index (χ4v) is 2.53. The van der Waals surface area contributed by atoms with Crippen molar-refractivity contribution < 1.29 is 9.47 Å². The van der Waals surface area contributed by atoms with E-state index in [1.807, 2.05) is 30.0 Å². The van der Waals surface area contributed by atoms with E-state index in [4.69, 9.17) is 15.2 Å². The fraction of sp³-hybridized carbons (Fsp3) is 0.308. The van der Waals surface area contributed by atoms with Gasteiger partial charge in [-0.2, -0.15) is 16.9 Å². The summed E-state index contributed by atoms with van der Waals surface area (Å²) in [5.41, 5.74) is 7.63. The molecule has 1 aromatic heterocycles. The highest BCUT2D eigenvalue weighted by Gasteiger charge is 2.24. The van der Waals surface area contributed by atoms with Crippen molar-refractivity contribution in [1.29, 1.82) is 0 Å². The molecule has 1 aliphatic rings. The number of nitrogens with two attached hydrogens (primary N) is 1. The summed E-state index contributed by atoms with van der Waals surface area (Å²) in [6.45, 7) is 0. The Morgan fingerprint density at radius 1 is 1.37 bits per heavy atom. The van der Waals surface area contributed by atoms with Crippen molar-refractivity contribution >= 4 is 17.6 Å². The topological polar surface area (TPSA) is 73.2 Å². The molecule has 0 atom stereocenters. The first kappa shape index (κ1) is 12.2. The van der Waals surface area contributed by atoms with E-state index in [0.29, 0.717) is 5.82 Å². The van der Waals surface area contributed by atoms with Gasteiger partial charge in [0.1, 0.15) is 11.9 Å². The average molecular weight is 277 g/mol. The molecule has 5 nitrogen and oxygen atoms in total. The molecule has 3 N–H and O–H groups in total. The zero-order valence-corrected chi connectivity index (χ0v) is 11.4. The van der Waals surface area contributed by atoms with Crippen LogP contribution in [0.1, 0.15) is 0 Å². The van der Waals surface area contributed by atoms with Gasteiger partial charge < -0.3 is 15.2 Å². The number of methoxy groups -OCH3 is 1. The van der Waals surface area contributed by atoms with E-state index >= 15 is 0 Å². The van der Waals surface area contributed by atoms with Gasteiger partial charge in [0.15, 0.2) is 11.5 Å². The first-order chi connectivity index (χ1) is 9.29. The maximum Gasteiger partial charge on any atom is 0.169 e. The van der Waals surface area contributed by atoms with E-state index in [0.717, 1.165) is 34.1 Å². The second-order valence-corrected chi connectivity index (χ2v) is 5.39. The maximum absolute atomic E-state index is 6.04. The number of thioether (sulfide) groups is 1. The van der Waals surface area contributed by atoms with Crippen LogP contribution in [0, 0.1) is 0 Å². The van der Waals surface area contributed by atoms with Crippen molar-refractivity contribution in [2.45, 2.75) is 6.10 Å². The quantitative estimate of drug-likeness (QED) is 0.896. The van der Waals surface area contributed by atoms with Gasteiger partial charge in [0.2, 0.25) is 0 Å². The molecule has 0 spiro atoms. The molecule has 3 rings (SSSR count). The molecule has 6 heteroatoms. The van der Waals surface area contributed by atoms with Crippen LogP contribution < -0.4 is 15.2 Å². The van der Waals surface area contributed by atoms with Crippen LogP contribution in [0.3, 0.4) is 0 Å². The standard InChI is InChI=1S/C13H15N3O2S/c1-17-11-4-2-3-9(10-5-15-16-13(10)14)12(11)18-8-6-19-7-8/h2-5,8H,6-7H2,1H3,(H3,14,15,16). The van der Waals surface area contributed by atoms with Crippen molar-refractivity contribution in [3.63, 3.8) is 0 Å². The normalized spacial score (nSPS) is 15.0. The molecule has 0 bridgehead atoms. The summed E-state index contributed by atoms with van der Waals surface area (Å²) in [5, 5.41) is 6.70. The van der Waals surface area contributed by atoms with Gasteiger partial charge in [-0.05, 0) is 6.07 Å². The van der Waals surface area contributed by atoms with Gasteiger partial charge >= 0.3 is 0 Å². The number of hydrogen-bond acceptors (Lipinski definition) is 5. The smallest absolute Gasteiger partial charge is 0.169 e. The predicted molar refractivity (Wildman–Crippen MR) is 76.7 cm³/mol. The summed E-state index contributed by atoms with van der Waals surface area (Å²) >= 11 is 1.88. The number of nitrogen functional groups attached to an aromatic ring is 1. The molecule has 1 aliphatic heterocycles. The maximum atomic E-state index is 6.04. The minimum atomic E-state index is 0.244. The molecule has 0 amide bonds. The second-order valence-electron chi connectivity index (χ2n) is 4.31. The van der Waals surface area contributed by atoms with Gasteiger partial charge in [-0.15, -0.1) is 0 Å². The number of anilines is 1. The van der Waals surface area contributed by atoms with E-state index in [9.17, 15) is 0 Å². The Hall–Kier alpha value is -1.82. The Bertz CT molecular complexity index is 581. The highest BCUT2D eigenvalue weighted by atomic mass is 32.2. The number of aromatic nitrogens is 2. The third-order valence-corrected chi connectivity index (χ3v) is 4.26. The Labute approximate surface area is 115 Å². The largest absolute Gasteiger partial charge is 0.493 e. The molecule has 0 saturated carbocycles. The summed E-state index contributed by atoms with van der Waals surface area (Å²) in [5.74, 6) is 4.01. The number of hydrogen-bond donors (Lipinski definition) is 2. The van der Waals surface area contributed by atoms with Crippen molar-refractivity contribution in [3.8, 4) is 22.6 Å². The van der Waals surface area contributed by atoms with Crippen LogP contribution in [0.4, 0.5) is 5.82 Å². The molecule has 0 radical (unpaired) electrons. The van der Waals surface area contributed by atoms with E-state index < -0.39 is 0 Å². The van der Waals surface area contributed by atoms with Crippen molar-refractivity contribution in [2.75, 3.05) is 24.3 Å².